The number of hydrogen-bond acceptors (Lipinski definition) is 3. The van der Waals surface area contributed by atoms with Gasteiger partial charge in [0.05, 0.1) is 5.69 Å². The minimum absolute atomic E-state index is 0.00482. The van der Waals surface area contributed by atoms with E-state index in [4.69, 9.17) is 4.74 Å². The Balaban J connectivity index is 1.98. The highest BCUT2D eigenvalue weighted by atomic mass is 19.1. The molecule has 1 N–H and O–H groups in total. The fraction of sp³-hybridized carbons (Fsp3) is 0.438. The number of aryl methyl sites for hydroxylation is 1. The van der Waals surface area contributed by atoms with Crippen LogP contribution in [0.5, 0.6) is 5.75 Å². The Kier molecular flexibility index (Phi) is 5.33. The standard InChI is InChI=1S/C16H22FN3O/c1-4-8-18-12(2)15-6-5-14(10-16(15)17)21-11-13-7-9-20(3)19-13/h5-7,9-10,12,18H,4,8,11H2,1-3H3. The number of ether oxygens (including phenoxy) is 1. The van der Waals surface area contributed by atoms with Crippen molar-refractivity contribution in [1.29, 1.82) is 0 Å². The molecule has 1 aromatic heterocycles. The van der Waals surface area contributed by atoms with Crippen molar-refractivity contribution in [3.63, 3.8) is 0 Å². The van der Waals surface area contributed by atoms with Gasteiger partial charge in [0.2, 0.25) is 0 Å². The molecule has 0 aliphatic rings. The summed E-state index contributed by atoms with van der Waals surface area (Å²) in [6.45, 7) is 5.26. The number of nitrogens with zero attached hydrogens (tertiary/aromatic N) is 2. The first-order chi connectivity index (χ1) is 10.1. The Morgan fingerprint density at radius 3 is 2.81 bits per heavy atom. The molecule has 0 spiro atoms. The van der Waals surface area contributed by atoms with Crippen molar-refractivity contribution in [2.75, 3.05) is 6.54 Å². The Bertz CT molecular complexity index is 583. The van der Waals surface area contributed by atoms with Crippen molar-refractivity contribution in [1.82, 2.24) is 15.1 Å². The highest BCUT2D eigenvalue weighted by Gasteiger charge is 2.11. The highest BCUT2D eigenvalue weighted by molar-refractivity contribution is 5.30. The number of aromatic nitrogens is 2. The van der Waals surface area contributed by atoms with E-state index in [1.807, 2.05) is 26.2 Å². The van der Waals surface area contributed by atoms with Gasteiger partial charge < -0.3 is 10.1 Å². The molecular weight excluding hydrogens is 269 g/mol. The minimum atomic E-state index is -0.246. The van der Waals surface area contributed by atoms with Crippen molar-refractivity contribution < 1.29 is 9.13 Å². The van der Waals surface area contributed by atoms with Gasteiger partial charge in [-0.25, -0.2) is 4.39 Å². The molecule has 1 heterocycles. The van der Waals surface area contributed by atoms with Crippen molar-refractivity contribution in [3.8, 4) is 5.75 Å². The third kappa shape index (κ3) is 4.29. The second-order valence-electron chi connectivity index (χ2n) is 5.13. The molecule has 2 rings (SSSR count). The Hall–Kier alpha value is -1.88. The molecule has 0 radical (unpaired) electrons. The van der Waals surface area contributed by atoms with Gasteiger partial charge in [0.15, 0.2) is 0 Å². The maximum atomic E-state index is 14.1. The largest absolute Gasteiger partial charge is 0.487 e. The van der Waals surface area contributed by atoms with Crippen LogP contribution >= 0.6 is 0 Å². The predicted molar refractivity (Wildman–Crippen MR) is 80.6 cm³/mol. The number of halogens is 1. The van der Waals surface area contributed by atoms with Gasteiger partial charge in [0.25, 0.3) is 0 Å². The number of nitrogens with one attached hydrogen (secondary N) is 1. The summed E-state index contributed by atoms with van der Waals surface area (Å²) in [5.74, 6) is 0.272. The molecule has 21 heavy (non-hydrogen) atoms. The third-order valence-corrected chi connectivity index (χ3v) is 3.29. The van der Waals surface area contributed by atoms with Gasteiger partial charge in [0, 0.05) is 30.9 Å². The van der Waals surface area contributed by atoms with E-state index in [1.165, 1.54) is 6.07 Å². The zero-order valence-electron chi connectivity index (χ0n) is 12.8. The summed E-state index contributed by atoms with van der Waals surface area (Å²) in [6.07, 6.45) is 2.88. The predicted octanol–water partition coefficient (Wildman–Crippen LogP) is 3.20. The van der Waals surface area contributed by atoms with E-state index >= 15 is 0 Å². The first-order valence-corrected chi connectivity index (χ1v) is 7.24. The van der Waals surface area contributed by atoms with Gasteiger partial charge in [-0.1, -0.05) is 13.0 Å². The van der Waals surface area contributed by atoms with E-state index in [9.17, 15) is 4.39 Å². The van der Waals surface area contributed by atoms with Crippen molar-refractivity contribution in [2.24, 2.45) is 7.05 Å². The van der Waals surface area contributed by atoms with Gasteiger partial charge in [-0.2, -0.15) is 5.10 Å². The van der Waals surface area contributed by atoms with Gasteiger partial charge in [-0.3, -0.25) is 4.68 Å². The summed E-state index contributed by atoms with van der Waals surface area (Å²) >= 11 is 0. The molecule has 0 fully saturated rings. The van der Waals surface area contributed by atoms with E-state index in [0.717, 1.165) is 18.7 Å². The van der Waals surface area contributed by atoms with Gasteiger partial charge in [0.1, 0.15) is 18.2 Å². The lowest BCUT2D eigenvalue weighted by atomic mass is 10.1. The second kappa shape index (κ2) is 7.22. The molecule has 0 aliphatic heterocycles. The van der Waals surface area contributed by atoms with Crippen LogP contribution in [0.25, 0.3) is 0 Å². The molecular formula is C16H22FN3O. The van der Waals surface area contributed by atoms with Crippen molar-refractivity contribution in [2.45, 2.75) is 32.9 Å². The van der Waals surface area contributed by atoms with Crippen molar-refractivity contribution in [3.05, 3.63) is 47.5 Å². The number of hydrogen-bond donors (Lipinski definition) is 1. The van der Waals surface area contributed by atoms with Gasteiger partial charge in [-0.15, -0.1) is 0 Å². The molecule has 1 aromatic carbocycles. The van der Waals surface area contributed by atoms with Crippen LogP contribution in [0, 0.1) is 5.82 Å². The van der Waals surface area contributed by atoms with Crippen LogP contribution in [-0.2, 0) is 13.7 Å². The summed E-state index contributed by atoms with van der Waals surface area (Å²) in [4.78, 5) is 0. The summed E-state index contributed by atoms with van der Waals surface area (Å²) in [6, 6.07) is 6.88. The van der Waals surface area contributed by atoms with Crippen LogP contribution in [0.2, 0.25) is 0 Å². The molecule has 114 valence electrons. The van der Waals surface area contributed by atoms with Crippen LogP contribution in [0.4, 0.5) is 4.39 Å². The first-order valence-electron chi connectivity index (χ1n) is 7.24. The Morgan fingerprint density at radius 2 is 2.19 bits per heavy atom. The van der Waals surface area contributed by atoms with Crippen LogP contribution in [0.1, 0.15) is 37.6 Å². The number of benzene rings is 1. The molecule has 5 heteroatoms. The van der Waals surface area contributed by atoms with E-state index < -0.39 is 0 Å². The molecule has 0 aliphatic carbocycles. The quantitative estimate of drug-likeness (QED) is 0.851. The highest BCUT2D eigenvalue weighted by Crippen LogP contribution is 2.22. The molecule has 0 saturated heterocycles. The zero-order chi connectivity index (χ0) is 15.2. The monoisotopic (exact) mass is 291 g/mol. The average molecular weight is 291 g/mol. The lowest BCUT2D eigenvalue weighted by Crippen LogP contribution is -2.20. The van der Waals surface area contributed by atoms with E-state index in [0.29, 0.717) is 17.9 Å². The summed E-state index contributed by atoms with van der Waals surface area (Å²) < 4.78 is 21.4. The maximum absolute atomic E-state index is 14.1. The summed E-state index contributed by atoms with van der Waals surface area (Å²) in [5, 5.41) is 7.49. The summed E-state index contributed by atoms with van der Waals surface area (Å²) in [7, 11) is 1.85. The lowest BCUT2D eigenvalue weighted by molar-refractivity contribution is 0.298. The number of rotatable bonds is 7. The molecule has 0 saturated carbocycles. The van der Waals surface area contributed by atoms with E-state index in [-0.39, 0.29) is 11.9 Å². The molecule has 0 amide bonds. The second-order valence-corrected chi connectivity index (χ2v) is 5.13. The molecule has 1 atom stereocenters. The minimum Gasteiger partial charge on any atom is -0.487 e. The average Bonchev–Trinajstić information content (AvgIpc) is 2.88. The molecule has 1 unspecified atom stereocenters. The van der Waals surface area contributed by atoms with Crippen LogP contribution < -0.4 is 10.1 Å². The normalized spacial score (nSPS) is 12.4. The van der Waals surface area contributed by atoms with Crippen molar-refractivity contribution >= 4 is 0 Å². The topological polar surface area (TPSA) is 39.1 Å². The first kappa shape index (κ1) is 15.5. The van der Waals surface area contributed by atoms with E-state index in [2.05, 4.69) is 17.3 Å². The fourth-order valence-corrected chi connectivity index (χ4v) is 2.12. The Labute approximate surface area is 124 Å². The zero-order valence-corrected chi connectivity index (χ0v) is 12.8. The van der Waals surface area contributed by atoms with Crippen LogP contribution in [0.3, 0.4) is 0 Å². The smallest absolute Gasteiger partial charge is 0.132 e. The third-order valence-electron chi connectivity index (χ3n) is 3.29. The van der Waals surface area contributed by atoms with Crippen LogP contribution in [0.15, 0.2) is 30.5 Å². The maximum Gasteiger partial charge on any atom is 0.132 e. The van der Waals surface area contributed by atoms with E-state index in [1.54, 1.807) is 16.8 Å². The Morgan fingerprint density at radius 1 is 1.38 bits per heavy atom. The molecule has 0 bridgehead atoms. The SMILES string of the molecule is CCCNC(C)c1ccc(OCc2ccn(C)n2)cc1F. The lowest BCUT2D eigenvalue weighted by Gasteiger charge is -2.15. The molecule has 2 aromatic rings. The van der Waals surface area contributed by atoms with Gasteiger partial charge >= 0.3 is 0 Å². The van der Waals surface area contributed by atoms with Gasteiger partial charge in [-0.05, 0) is 32.0 Å². The molecule has 4 nitrogen and oxygen atoms in total. The van der Waals surface area contributed by atoms with Crippen LogP contribution in [-0.4, -0.2) is 16.3 Å². The summed E-state index contributed by atoms with van der Waals surface area (Å²) in [5.41, 5.74) is 1.48. The fourth-order valence-electron chi connectivity index (χ4n) is 2.12.